The first-order chi connectivity index (χ1) is 9.81. The molecule has 1 aliphatic rings. The van der Waals surface area contributed by atoms with Crippen LogP contribution >= 0.6 is 11.3 Å². The number of hydrogen-bond acceptors (Lipinski definition) is 4. The normalized spacial score (nSPS) is 15.8. The Morgan fingerprint density at radius 3 is 2.95 bits per heavy atom. The van der Waals surface area contributed by atoms with Gasteiger partial charge < -0.3 is 9.47 Å². The van der Waals surface area contributed by atoms with E-state index in [4.69, 9.17) is 0 Å². The summed E-state index contributed by atoms with van der Waals surface area (Å²) in [5.41, 5.74) is 0. The molecule has 20 heavy (non-hydrogen) atoms. The average Bonchev–Trinajstić information content (AvgIpc) is 3.02. The Morgan fingerprint density at radius 1 is 1.25 bits per heavy atom. The van der Waals surface area contributed by atoms with Crippen LogP contribution in [0.5, 0.6) is 0 Å². The fraction of sp³-hybridized carbons (Fsp3) is 0.333. The number of rotatable bonds is 3. The second kappa shape index (κ2) is 4.59. The minimum Gasteiger partial charge on any atom is -0.355 e. The molecule has 0 aromatic carbocycles. The molecule has 1 aliphatic heterocycles. The van der Waals surface area contributed by atoms with Gasteiger partial charge in [-0.25, -0.2) is 9.97 Å². The summed E-state index contributed by atoms with van der Waals surface area (Å²) in [6.45, 7) is 5.28. The summed E-state index contributed by atoms with van der Waals surface area (Å²) in [6, 6.07) is 4.27. The zero-order chi connectivity index (χ0) is 13.5. The lowest BCUT2D eigenvalue weighted by Crippen LogP contribution is -2.49. The van der Waals surface area contributed by atoms with Crippen LogP contribution in [0.1, 0.15) is 5.82 Å². The highest BCUT2D eigenvalue weighted by molar-refractivity contribution is 7.17. The molecular formula is C15H16N4S. The second-order valence-corrected chi connectivity index (χ2v) is 6.31. The molecule has 0 N–H and O–H groups in total. The van der Waals surface area contributed by atoms with E-state index in [1.807, 2.05) is 12.4 Å². The molecule has 1 fully saturated rings. The molecule has 4 heterocycles. The molecule has 0 atom stereocenters. The van der Waals surface area contributed by atoms with Crippen LogP contribution in [0.25, 0.3) is 10.1 Å². The van der Waals surface area contributed by atoms with Crippen molar-refractivity contribution in [3.05, 3.63) is 41.9 Å². The van der Waals surface area contributed by atoms with Crippen LogP contribution in [0.3, 0.4) is 0 Å². The first kappa shape index (κ1) is 11.9. The van der Waals surface area contributed by atoms with Crippen molar-refractivity contribution in [3.8, 4) is 0 Å². The summed E-state index contributed by atoms with van der Waals surface area (Å²) in [5, 5.41) is 3.43. The second-order valence-electron chi connectivity index (χ2n) is 5.36. The van der Waals surface area contributed by atoms with Crippen molar-refractivity contribution >= 4 is 27.2 Å². The molecule has 102 valence electrons. The van der Waals surface area contributed by atoms with Gasteiger partial charge in [0, 0.05) is 54.2 Å². The molecule has 0 unspecified atom stereocenters. The van der Waals surface area contributed by atoms with Crippen LogP contribution in [-0.4, -0.2) is 27.6 Å². The number of imidazole rings is 1. The predicted octanol–water partition coefficient (Wildman–Crippen LogP) is 2.94. The van der Waals surface area contributed by atoms with Crippen LogP contribution < -0.4 is 4.90 Å². The third kappa shape index (κ3) is 1.89. The molecule has 0 amide bonds. The molecule has 3 aromatic heterocycles. The van der Waals surface area contributed by atoms with Gasteiger partial charge in [0.2, 0.25) is 0 Å². The van der Waals surface area contributed by atoms with Crippen LogP contribution in [0, 0.1) is 12.8 Å². The molecule has 4 rings (SSSR count). The minimum atomic E-state index is 0.693. The summed E-state index contributed by atoms with van der Waals surface area (Å²) in [7, 11) is 0. The number of nitrogens with zero attached hydrogens (tertiary/aromatic N) is 4. The van der Waals surface area contributed by atoms with E-state index in [1.165, 1.54) is 10.1 Å². The van der Waals surface area contributed by atoms with Gasteiger partial charge in [0.25, 0.3) is 0 Å². The van der Waals surface area contributed by atoms with E-state index < -0.39 is 0 Å². The van der Waals surface area contributed by atoms with E-state index in [2.05, 4.69) is 50.1 Å². The Kier molecular flexibility index (Phi) is 2.73. The lowest BCUT2D eigenvalue weighted by atomic mass is 9.99. The maximum atomic E-state index is 4.56. The highest BCUT2D eigenvalue weighted by atomic mass is 32.1. The smallest absolute Gasteiger partial charge is 0.137 e. The van der Waals surface area contributed by atoms with Gasteiger partial charge in [0.05, 0.1) is 0 Å². The molecule has 0 aliphatic carbocycles. The van der Waals surface area contributed by atoms with Crippen molar-refractivity contribution in [2.75, 3.05) is 18.0 Å². The number of hydrogen-bond donors (Lipinski definition) is 0. The standard InChI is InChI=1S/C15H16N4S/c1-11-16-5-6-18(11)8-12-9-19(10-12)15-13-3-7-20-14(13)2-4-17-15/h2-7,12H,8-10H2,1H3. The first-order valence-electron chi connectivity index (χ1n) is 6.86. The number of pyridine rings is 1. The van der Waals surface area contributed by atoms with E-state index in [0.717, 1.165) is 31.3 Å². The average molecular weight is 284 g/mol. The van der Waals surface area contributed by atoms with E-state index in [9.17, 15) is 0 Å². The van der Waals surface area contributed by atoms with Crippen molar-refractivity contribution < 1.29 is 0 Å². The summed E-state index contributed by atoms with van der Waals surface area (Å²) in [4.78, 5) is 11.2. The molecular weight excluding hydrogens is 268 g/mol. The van der Waals surface area contributed by atoms with Gasteiger partial charge in [-0.1, -0.05) is 0 Å². The minimum absolute atomic E-state index is 0.693. The van der Waals surface area contributed by atoms with Gasteiger partial charge in [-0.2, -0.15) is 0 Å². The van der Waals surface area contributed by atoms with Crippen molar-refractivity contribution in [1.29, 1.82) is 0 Å². The van der Waals surface area contributed by atoms with Crippen molar-refractivity contribution in [1.82, 2.24) is 14.5 Å². The Balaban J connectivity index is 1.49. The molecule has 0 bridgehead atoms. The van der Waals surface area contributed by atoms with E-state index in [-0.39, 0.29) is 0 Å². The third-order valence-corrected chi connectivity index (χ3v) is 4.88. The third-order valence-electron chi connectivity index (χ3n) is 3.99. The monoisotopic (exact) mass is 284 g/mol. The van der Waals surface area contributed by atoms with Gasteiger partial charge in [-0.15, -0.1) is 11.3 Å². The largest absolute Gasteiger partial charge is 0.355 e. The van der Waals surface area contributed by atoms with E-state index in [0.29, 0.717) is 5.92 Å². The predicted molar refractivity (Wildman–Crippen MR) is 82.3 cm³/mol. The highest BCUT2D eigenvalue weighted by Gasteiger charge is 2.29. The number of thiophene rings is 1. The topological polar surface area (TPSA) is 34.0 Å². The summed E-state index contributed by atoms with van der Waals surface area (Å²) in [6.07, 6.45) is 5.86. The maximum Gasteiger partial charge on any atom is 0.137 e. The highest BCUT2D eigenvalue weighted by Crippen LogP contribution is 2.32. The molecule has 0 radical (unpaired) electrons. The Labute approximate surface area is 121 Å². The zero-order valence-corrected chi connectivity index (χ0v) is 12.2. The molecule has 0 saturated carbocycles. The van der Waals surface area contributed by atoms with Crippen LogP contribution in [0.4, 0.5) is 5.82 Å². The Bertz CT molecular complexity index is 739. The molecule has 3 aromatic rings. The zero-order valence-electron chi connectivity index (χ0n) is 11.4. The molecule has 4 nitrogen and oxygen atoms in total. The van der Waals surface area contributed by atoms with Gasteiger partial charge in [0.15, 0.2) is 0 Å². The lowest BCUT2D eigenvalue weighted by Gasteiger charge is -2.40. The SMILES string of the molecule is Cc1nccn1CC1CN(c2nccc3sccc23)C1. The van der Waals surface area contributed by atoms with E-state index >= 15 is 0 Å². The number of aromatic nitrogens is 3. The molecule has 5 heteroatoms. The van der Waals surface area contributed by atoms with Crippen molar-refractivity contribution in [3.63, 3.8) is 0 Å². The maximum absolute atomic E-state index is 4.56. The quantitative estimate of drug-likeness (QED) is 0.741. The van der Waals surface area contributed by atoms with Gasteiger partial charge in [-0.3, -0.25) is 0 Å². The van der Waals surface area contributed by atoms with Gasteiger partial charge in [-0.05, 0) is 24.4 Å². The number of fused-ring (bicyclic) bond motifs is 1. The number of anilines is 1. The fourth-order valence-electron chi connectivity index (χ4n) is 2.87. The van der Waals surface area contributed by atoms with Crippen molar-refractivity contribution in [2.45, 2.75) is 13.5 Å². The first-order valence-corrected chi connectivity index (χ1v) is 7.74. The van der Waals surface area contributed by atoms with Gasteiger partial charge >= 0.3 is 0 Å². The fourth-order valence-corrected chi connectivity index (χ4v) is 3.64. The summed E-state index contributed by atoms with van der Waals surface area (Å²) in [5.74, 6) is 2.93. The van der Waals surface area contributed by atoms with E-state index in [1.54, 1.807) is 11.3 Å². The Hall–Kier alpha value is -1.88. The molecule has 0 spiro atoms. The van der Waals surface area contributed by atoms with Crippen LogP contribution in [0.2, 0.25) is 0 Å². The summed E-state index contributed by atoms with van der Waals surface area (Å²) < 4.78 is 3.56. The van der Waals surface area contributed by atoms with Crippen LogP contribution in [0.15, 0.2) is 36.1 Å². The Morgan fingerprint density at radius 2 is 2.15 bits per heavy atom. The number of aryl methyl sites for hydroxylation is 1. The molecule has 1 saturated heterocycles. The van der Waals surface area contributed by atoms with Crippen LogP contribution in [-0.2, 0) is 6.54 Å². The summed E-state index contributed by atoms with van der Waals surface area (Å²) >= 11 is 1.78. The lowest BCUT2D eigenvalue weighted by molar-refractivity contribution is 0.353. The van der Waals surface area contributed by atoms with Gasteiger partial charge in [0.1, 0.15) is 11.6 Å². The van der Waals surface area contributed by atoms with Crippen molar-refractivity contribution in [2.24, 2.45) is 5.92 Å².